The zero-order chi connectivity index (χ0) is 21.7. The summed E-state index contributed by atoms with van der Waals surface area (Å²) in [6.45, 7) is 17.1. The Morgan fingerprint density at radius 2 is 1.03 bits per heavy atom. The first kappa shape index (κ1) is 24.1. The van der Waals surface area contributed by atoms with E-state index in [1.807, 2.05) is 9.80 Å². The van der Waals surface area contributed by atoms with Gasteiger partial charge in [0.2, 0.25) is 0 Å². The maximum Gasteiger partial charge on any atom is 0.251 e. The number of amides is 2. The lowest BCUT2D eigenvalue weighted by atomic mass is 9.87. The molecule has 0 aliphatic carbocycles. The molecule has 168 valence electrons. The van der Waals surface area contributed by atoms with E-state index in [4.69, 9.17) is 14.2 Å². The van der Waals surface area contributed by atoms with Gasteiger partial charge in [-0.1, -0.05) is 41.5 Å². The molecule has 2 amide bonds. The van der Waals surface area contributed by atoms with Crippen LogP contribution in [0.4, 0.5) is 0 Å². The van der Waals surface area contributed by atoms with E-state index < -0.39 is 12.2 Å². The first-order valence-electron chi connectivity index (χ1n) is 10.8. The molecular formula is C22H40N2O5. The molecule has 0 spiro atoms. The van der Waals surface area contributed by atoms with Crippen LogP contribution < -0.4 is 0 Å². The molecule has 2 fully saturated rings. The molecule has 2 heterocycles. The Labute approximate surface area is 176 Å². The number of carbonyl (C=O) groups excluding carboxylic acids is 2. The largest absolute Gasteiger partial charge is 0.378 e. The second-order valence-electron chi connectivity index (χ2n) is 10.5. The van der Waals surface area contributed by atoms with Gasteiger partial charge in [-0.15, -0.1) is 0 Å². The van der Waals surface area contributed by atoms with Crippen LogP contribution in [0, 0.1) is 10.8 Å². The predicted molar refractivity (Wildman–Crippen MR) is 112 cm³/mol. The lowest BCUT2D eigenvalue weighted by Crippen LogP contribution is -2.52. The van der Waals surface area contributed by atoms with Crippen LogP contribution in [0.3, 0.4) is 0 Å². The summed E-state index contributed by atoms with van der Waals surface area (Å²) < 4.78 is 17.1. The summed E-state index contributed by atoms with van der Waals surface area (Å²) >= 11 is 0. The van der Waals surface area contributed by atoms with E-state index in [1.165, 1.54) is 0 Å². The predicted octanol–water partition coefficient (Wildman–Crippen LogP) is 2.33. The average molecular weight is 413 g/mol. The van der Waals surface area contributed by atoms with Crippen LogP contribution in [-0.2, 0) is 23.8 Å². The fourth-order valence-electron chi connectivity index (χ4n) is 3.67. The number of nitrogens with zero attached hydrogens (tertiary/aromatic N) is 2. The van der Waals surface area contributed by atoms with E-state index in [2.05, 4.69) is 41.5 Å². The van der Waals surface area contributed by atoms with E-state index in [9.17, 15) is 9.59 Å². The Kier molecular flexibility index (Phi) is 8.49. The molecule has 0 saturated carbocycles. The lowest BCUT2D eigenvalue weighted by Gasteiger charge is -2.37. The van der Waals surface area contributed by atoms with Crippen LogP contribution in [0.15, 0.2) is 0 Å². The van der Waals surface area contributed by atoms with Crippen molar-refractivity contribution >= 4 is 11.8 Å². The second-order valence-corrected chi connectivity index (χ2v) is 10.5. The van der Waals surface area contributed by atoms with E-state index in [-0.39, 0.29) is 22.6 Å². The van der Waals surface area contributed by atoms with Crippen LogP contribution in [0.1, 0.15) is 54.4 Å². The molecule has 0 aromatic rings. The molecule has 7 heteroatoms. The first-order valence-corrected chi connectivity index (χ1v) is 10.8. The molecule has 0 aromatic heterocycles. The van der Waals surface area contributed by atoms with Crippen molar-refractivity contribution in [2.45, 2.75) is 66.6 Å². The molecule has 2 aliphatic heterocycles. The van der Waals surface area contributed by atoms with Crippen molar-refractivity contribution in [3.05, 3.63) is 0 Å². The van der Waals surface area contributed by atoms with Gasteiger partial charge < -0.3 is 24.0 Å². The highest BCUT2D eigenvalue weighted by molar-refractivity contribution is 5.84. The van der Waals surface area contributed by atoms with Crippen molar-refractivity contribution in [1.29, 1.82) is 0 Å². The van der Waals surface area contributed by atoms with E-state index >= 15 is 0 Å². The Balaban J connectivity index is 2.19. The topological polar surface area (TPSA) is 68.3 Å². The minimum Gasteiger partial charge on any atom is -0.378 e. The summed E-state index contributed by atoms with van der Waals surface area (Å²) in [7, 11) is 0. The van der Waals surface area contributed by atoms with Gasteiger partial charge in [0.15, 0.2) is 0 Å². The summed E-state index contributed by atoms with van der Waals surface area (Å²) in [5.41, 5.74) is -0.193. The summed E-state index contributed by atoms with van der Waals surface area (Å²) in [5.74, 6) is -0.0613. The quantitative estimate of drug-likeness (QED) is 0.670. The Hall–Kier alpha value is -1.18. The highest BCUT2D eigenvalue weighted by Gasteiger charge is 2.37. The third kappa shape index (κ3) is 8.22. The molecule has 29 heavy (non-hydrogen) atoms. The molecule has 2 rings (SSSR count). The van der Waals surface area contributed by atoms with E-state index in [1.54, 1.807) is 0 Å². The van der Waals surface area contributed by atoms with Gasteiger partial charge in [-0.05, 0) is 23.7 Å². The van der Waals surface area contributed by atoms with Crippen LogP contribution in [-0.4, -0.2) is 86.4 Å². The van der Waals surface area contributed by atoms with Crippen molar-refractivity contribution in [3.8, 4) is 0 Å². The van der Waals surface area contributed by atoms with Crippen molar-refractivity contribution in [3.63, 3.8) is 0 Å². The maximum atomic E-state index is 13.3. The summed E-state index contributed by atoms with van der Waals surface area (Å²) in [6.07, 6.45) is -0.128. The molecule has 7 nitrogen and oxygen atoms in total. The molecule has 2 aliphatic rings. The molecule has 2 unspecified atom stereocenters. The minimum absolute atomic E-state index is 0.0306. The molecule has 2 saturated heterocycles. The van der Waals surface area contributed by atoms with E-state index in [0.717, 1.165) is 0 Å². The summed E-state index contributed by atoms with van der Waals surface area (Å²) in [4.78, 5) is 30.2. The molecule has 2 atom stereocenters. The highest BCUT2D eigenvalue weighted by Crippen LogP contribution is 2.29. The van der Waals surface area contributed by atoms with Crippen molar-refractivity contribution in [2.75, 3.05) is 52.6 Å². The monoisotopic (exact) mass is 412 g/mol. The minimum atomic E-state index is -0.634. The molecule has 0 N–H and O–H groups in total. The maximum absolute atomic E-state index is 13.3. The first-order chi connectivity index (χ1) is 13.5. The van der Waals surface area contributed by atoms with Crippen LogP contribution >= 0.6 is 0 Å². The van der Waals surface area contributed by atoms with Crippen molar-refractivity contribution in [1.82, 2.24) is 9.80 Å². The van der Waals surface area contributed by atoms with Crippen LogP contribution in [0.25, 0.3) is 0 Å². The van der Waals surface area contributed by atoms with Gasteiger partial charge in [0.1, 0.15) is 12.2 Å². The number of hydrogen-bond donors (Lipinski definition) is 0. The Morgan fingerprint density at radius 1 is 0.724 bits per heavy atom. The van der Waals surface area contributed by atoms with Crippen molar-refractivity contribution < 1.29 is 23.8 Å². The zero-order valence-corrected chi connectivity index (χ0v) is 19.2. The fourth-order valence-corrected chi connectivity index (χ4v) is 3.67. The van der Waals surface area contributed by atoms with Gasteiger partial charge >= 0.3 is 0 Å². The average Bonchev–Trinajstić information content (AvgIpc) is 2.65. The Morgan fingerprint density at radius 3 is 1.31 bits per heavy atom. The number of carbonyl (C=O) groups is 2. The van der Waals surface area contributed by atoms with Crippen LogP contribution in [0.2, 0.25) is 0 Å². The van der Waals surface area contributed by atoms with Gasteiger partial charge in [-0.3, -0.25) is 9.59 Å². The van der Waals surface area contributed by atoms with Gasteiger partial charge in [-0.25, -0.2) is 0 Å². The summed E-state index contributed by atoms with van der Waals surface area (Å²) in [6, 6.07) is 0. The third-order valence-corrected chi connectivity index (χ3v) is 5.12. The standard InChI is InChI=1S/C22H40N2O5/c1-21(2,3)15-17(19(25)23-7-11-27-12-8-23)29-18(16-22(4,5)6)20(26)24-9-13-28-14-10-24/h17-18H,7-16H2,1-6H3. The molecule has 0 aromatic carbocycles. The number of ether oxygens (including phenoxy) is 3. The van der Waals surface area contributed by atoms with E-state index in [0.29, 0.717) is 65.4 Å². The van der Waals surface area contributed by atoms with Crippen molar-refractivity contribution in [2.24, 2.45) is 10.8 Å². The van der Waals surface area contributed by atoms with Gasteiger partial charge in [0.05, 0.1) is 26.4 Å². The molecular weight excluding hydrogens is 372 g/mol. The number of hydrogen-bond acceptors (Lipinski definition) is 5. The number of morpholine rings is 2. The molecule has 0 bridgehead atoms. The Bertz CT molecular complexity index is 492. The summed E-state index contributed by atoms with van der Waals surface area (Å²) in [5, 5.41) is 0. The second kappa shape index (κ2) is 10.2. The van der Waals surface area contributed by atoms with Crippen LogP contribution in [0.5, 0.6) is 0 Å². The zero-order valence-electron chi connectivity index (χ0n) is 19.2. The lowest BCUT2D eigenvalue weighted by molar-refractivity contribution is -0.166. The fraction of sp³-hybridized carbons (Fsp3) is 0.909. The van der Waals surface area contributed by atoms with Gasteiger partial charge in [-0.2, -0.15) is 0 Å². The smallest absolute Gasteiger partial charge is 0.251 e. The highest BCUT2D eigenvalue weighted by atomic mass is 16.5. The molecule has 0 radical (unpaired) electrons. The van der Waals surface area contributed by atoms with Gasteiger partial charge in [0, 0.05) is 26.2 Å². The number of rotatable bonds is 6. The normalized spacial score (nSPS) is 21.0. The SMILES string of the molecule is CC(C)(C)CC(OC(CC(C)(C)C)C(=O)N1CCOCC1)C(=O)N1CCOCC1. The third-order valence-electron chi connectivity index (χ3n) is 5.12. The van der Waals surface area contributed by atoms with Gasteiger partial charge in [0.25, 0.3) is 11.8 Å².